The van der Waals surface area contributed by atoms with Gasteiger partial charge < -0.3 is 0 Å². The summed E-state index contributed by atoms with van der Waals surface area (Å²) in [5.74, 6) is -1.59. The molecule has 0 fully saturated rings. The van der Waals surface area contributed by atoms with E-state index >= 15 is 0 Å². The molecular formula is C21H17F2N3. The number of fused-ring (bicyclic) bond motifs is 1. The summed E-state index contributed by atoms with van der Waals surface area (Å²) in [6, 6.07) is 18.2. The van der Waals surface area contributed by atoms with Gasteiger partial charge in [-0.15, -0.1) is 0 Å². The Balaban J connectivity index is 1.51. The highest BCUT2D eigenvalue weighted by molar-refractivity contribution is 5.41. The molecule has 2 heterocycles. The summed E-state index contributed by atoms with van der Waals surface area (Å²) in [6.07, 6.45) is 3.54. The van der Waals surface area contributed by atoms with E-state index in [1.54, 1.807) is 10.6 Å². The molecule has 0 saturated heterocycles. The molecule has 0 N–H and O–H groups in total. The Morgan fingerprint density at radius 2 is 1.69 bits per heavy atom. The second kappa shape index (κ2) is 7.04. The topological polar surface area (TPSA) is 30.2 Å². The standard InChI is InChI=1S/C21H17F2N3/c22-19-8-4-7-16(21(19)23)9-10-17-11-12-26-20(24-17)14-18(25-26)13-15-5-2-1-3-6-15/h1-8,11-12,14H,9-10,13H2. The Labute approximate surface area is 149 Å². The Morgan fingerprint density at radius 3 is 2.54 bits per heavy atom. The van der Waals surface area contributed by atoms with Gasteiger partial charge in [-0.25, -0.2) is 18.3 Å². The van der Waals surface area contributed by atoms with Gasteiger partial charge in [-0.2, -0.15) is 5.10 Å². The lowest BCUT2D eigenvalue weighted by Crippen LogP contribution is -2.00. The fraction of sp³-hybridized carbons (Fsp3) is 0.143. The summed E-state index contributed by atoms with van der Waals surface area (Å²) in [4.78, 5) is 4.59. The summed E-state index contributed by atoms with van der Waals surface area (Å²) < 4.78 is 28.8. The van der Waals surface area contributed by atoms with Crippen LogP contribution in [0.25, 0.3) is 5.65 Å². The van der Waals surface area contributed by atoms with Crippen molar-refractivity contribution >= 4 is 5.65 Å². The predicted molar refractivity (Wildman–Crippen MR) is 96.0 cm³/mol. The smallest absolute Gasteiger partial charge is 0.162 e. The zero-order valence-corrected chi connectivity index (χ0v) is 14.1. The molecule has 0 unspecified atom stereocenters. The molecule has 2 aromatic heterocycles. The second-order valence-corrected chi connectivity index (χ2v) is 6.23. The van der Waals surface area contributed by atoms with Crippen LogP contribution in [0.3, 0.4) is 0 Å². The largest absolute Gasteiger partial charge is 0.234 e. The van der Waals surface area contributed by atoms with Crippen molar-refractivity contribution < 1.29 is 8.78 Å². The monoisotopic (exact) mass is 349 g/mol. The van der Waals surface area contributed by atoms with Gasteiger partial charge in [0.25, 0.3) is 0 Å². The summed E-state index contributed by atoms with van der Waals surface area (Å²) in [5.41, 5.74) is 4.08. The number of hydrogen-bond acceptors (Lipinski definition) is 2. The zero-order valence-electron chi connectivity index (χ0n) is 14.1. The SMILES string of the molecule is Fc1cccc(CCc2ccn3nc(Cc4ccccc4)cc3n2)c1F. The van der Waals surface area contributed by atoms with Gasteiger partial charge in [0.2, 0.25) is 0 Å². The third-order valence-electron chi connectivity index (χ3n) is 4.34. The molecule has 0 bridgehead atoms. The summed E-state index contributed by atoms with van der Waals surface area (Å²) in [5, 5.41) is 4.54. The minimum absolute atomic E-state index is 0.366. The second-order valence-electron chi connectivity index (χ2n) is 6.23. The van der Waals surface area contributed by atoms with Crippen molar-refractivity contribution in [2.24, 2.45) is 0 Å². The van der Waals surface area contributed by atoms with Crippen LogP contribution in [0, 0.1) is 11.6 Å². The Bertz CT molecular complexity index is 1040. The normalized spacial score (nSPS) is 11.2. The van der Waals surface area contributed by atoms with Crippen LogP contribution in [0.4, 0.5) is 8.78 Å². The zero-order chi connectivity index (χ0) is 17.9. The first-order valence-electron chi connectivity index (χ1n) is 8.50. The number of nitrogens with zero attached hydrogens (tertiary/aromatic N) is 3. The van der Waals surface area contributed by atoms with Crippen molar-refractivity contribution in [1.82, 2.24) is 14.6 Å². The van der Waals surface area contributed by atoms with Crippen LogP contribution in [0.2, 0.25) is 0 Å². The Kier molecular flexibility index (Phi) is 4.44. The molecule has 4 rings (SSSR count). The molecule has 0 aliphatic carbocycles. The highest BCUT2D eigenvalue weighted by Gasteiger charge is 2.09. The van der Waals surface area contributed by atoms with Crippen LogP contribution in [-0.4, -0.2) is 14.6 Å². The van der Waals surface area contributed by atoms with Gasteiger partial charge in [-0.05, 0) is 36.1 Å². The number of aromatic nitrogens is 3. The quantitative estimate of drug-likeness (QED) is 0.535. The highest BCUT2D eigenvalue weighted by atomic mass is 19.2. The summed E-state index contributed by atoms with van der Waals surface area (Å²) >= 11 is 0. The number of rotatable bonds is 5. The summed E-state index contributed by atoms with van der Waals surface area (Å²) in [6.45, 7) is 0. The van der Waals surface area contributed by atoms with E-state index in [-0.39, 0.29) is 0 Å². The van der Waals surface area contributed by atoms with Gasteiger partial charge >= 0.3 is 0 Å². The van der Waals surface area contributed by atoms with E-state index in [1.165, 1.54) is 11.6 Å². The van der Waals surface area contributed by atoms with Crippen LogP contribution in [-0.2, 0) is 19.3 Å². The summed E-state index contributed by atoms with van der Waals surface area (Å²) in [7, 11) is 0. The van der Waals surface area contributed by atoms with Crippen molar-refractivity contribution in [1.29, 1.82) is 0 Å². The van der Waals surface area contributed by atoms with Gasteiger partial charge in [-0.3, -0.25) is 0 Å². The molecule has 0 saturated carbocycles. The minimum atomic E-state index is -0.813. The van der Waals surface area contributed by atoms with Crippen molar-refractivity contribution in [2.75, 3.05) is 0 Å². The molecule has 3 nitrogen and oxygen atoms in total. The van der Waals surface area contributed by atoms with Gasteiger partial charge in [0, 0.05) is 24.4 Å². The van der Waals surface area contributed by atoms with Gasteiger partial charge in [0.15, 0.2) is 17.3 Å². The highest BCUT2D eigenvalue weighted by Crippen LogP contribution is 2.15. The lowest BCUT2D eigenvalue weighted by Gasteiger charge is -2.04. The fourth-order valence-corrected chi connectivity index (χ4v) is 3.00. The lowest BCUT2D eigenvalue weighted by molar-refractivity contribution is 0.498. The molecule has 5 heteroatoms. The van der Waals surface area contributed by atoms with E-state index in [2.05, 4.69) is 22.2 Å². The first kappa shape index (κ1) is 16.4. The van der Waals surface area contributed by atoms with Crippen LogP contribution in [0.1, 0.15) is 22.5 Å². The molecule has 26 heavy (non-hydrogen) atoms. The minimum Gasteiger partial charge on any atom is -0.234 e. The molecule has 0 spiro atoms. The average Bonchev–Trinajstić information content (AvgIpc) is 3.05. The molecule has 0 aliphatic rings. The number of aryl methyl sites for hydroxylation is 2. The van der Waals surface area contributed by atoms with Crippen LogP contribution in [0.15, 0.2) is 66.9 Å². The number of benzene rings is 2. The Hall–Kier alpha value is -3.08. The fourth-order valence-electron chi connectivity index (χ4n) is 3.00. The first-order valence-corrected chi connectivity index (χ1v) is 8.50. The van der Waals surface area contributed by atoms with Crippen molar-refractivity contribution in [3.05, 3.63) is 101 Å². The molecule has 0 radical (unpaired) electrons. The van der Waals surface area contributed by atoms with Crippen molar-refractivity contribution in [2.45, 2.75) is 19.3 Å². The molecular weight excluding hydrogens is 332 g/mol. The van der Waals surface area contributed by atoms with Crippen molar-refractivity contribution in [3.63, 3.8) is 0 Å². The maximum Gasteiger partial charge on any atom is 0.162 e. The third kappa shape index (κ3) is 3.47. The molecule has 0 aliphatic heterocycles. The van der Waals surface area contributed by atoms with Gasteiger partial charge in [0.1, 0.15) is 0 Å². The maximum atomic E-state index is 13.8. The molecule has 130 valence electrons. The average molecular weight is 349 g/mol. The van der Waals surface area contributed by atoms with Gasteiger partial charge in [-0.1, -0.05) is 42.5 Å². The van der Waals surface area contributed by atoms with E-state index in [0.29, 0.717) is 18.4 Å². The molecule has 2 aromatic carbocycles. The molecule has 0 amide bonds. The van der Waals surface area contributed by atoms with Crippen LogP contribution >= 0.6 is 0 Å². The predicted octanol–water partition coefficient (Wildman–Crippen LogP) is 4.38. The lowest BCUT2D eigenvalue weighted by atomic mass is 10.1. The number of halogens is 2. The van der Waals surface area contributed by atoms with Gasteiger partial charge in [0.05, 0.1) is 5.69 Å². The van der Waals surface area contributed by atoms with Crippen molar-refractivity contribution in [3.8, 4) is 0 Å². The van der Waals surface area contributed by atoms with E-state index in [9.17, 15) is 8.78 Å². The molecule has 0 atom stereocenters. The van der Waals surface area contributed by atoms with E-state index in [4.69, 9.17) is 0 Å². The van der Waals surface area contributed by atoms with Crippen LogP contribution in [0.5, 0.6) is 0 Å². The van der Waals surface area contributed by atoms with E-state index < -0.39 is 11.6 Å². The number of hydrogen-bond donors (Lipinski definition) is 0. The van der Waals surface area contributed by atoms with E-state index in [1.807, 2.05) is 36.5 Å². The first-order chi connectivity index (χ1) is 12.7. The third-order valence-corrected chi connectivity index (χ3v) is 4.34. The van der Waals surface area contributed by atoms with E-state index in [0.717, 1.165) is 29.5 Å². The molecule has 4 aromatic rings. The van der Waals surface area contributed by atoms with Crippen LogP contribution < -0.4 is 0 Å². The Morgan fingerprint density at radius 1 is 0.846 bits per heavy atom. The maximum absolute atomic E-state index is 13.8.